The van der Waals surface area contributed by atoms with Gasteiger partial charge in [-0.1, -0.05) is 36.4 Å². The number of sulfonamides is 1. The Balaban J connectivity index is 1.56. The van der Waals surface area contributed by atoms with Crippen LogP contribution < -0.4 is 10.1 Å². The molecular formula is C20H23N3O3S2. The molecule has 0 bridgehead atoms. The van der Waals surface area contributed by atoms with Gasteiger partial charge in [0, 0.05) is 43.3 Å². The van der Waals surface area contributed by atoms with Crippen LogP contribution in [0.25, 0.3) is 6.08 Å². The molecule has 1 fully saturated rings. The molecule has 0 radical (unpaired) electrons. The first-order valence-electron chi connectivity index (χ1n) is 8.91. The second-order valence-corrected chi connectivity index (χ2v) is 8.51. The van der Waals surface area contributed by atoms with E-state index in [1.807, 2.05) is 59.5 Å². The average Bonchev–Trinajstić information content (AvgIpc) is 2.73. The van der Waals surface area contributed by atoms with Crippen molar-refractivity contribution in [2.45, 2.75) is 0 Å². The van der Waals surface area contributed by atoms with E-state index in [9.17, 15) is 8.42 Å². The predicted octanol–water partition coefficient (Wildman–Crippen LogP) is 3.01. The van der Waals surface area contributed by atoms with Gasteiger partial charge in [-0.15, -0.1) is 0 Å². The second-order valence-electron chi connectivity index (χ2n) is 6.31. The summed E-state index contributed by atoms with van der Waals surface area (Å²) in [5, 5.41) is 5.02. The van der Waals surface area contributed by atoms with Gasteiger partial charge < -0.3 is 15.0 Å². The number of anilines is 1. The highest BCUT2D eigenvalue weighted by Gasteiger charge is 2.26. The zero-order valence-electron chi connectivity index (χ0n) is 15.6. The monoisotopic (exact) mass is 417 g/mol. The highest BCUT2D eigenvalue weighted by Crippen LogP contribution is 2.18. The summed E-state index contributed by atoms with van der Waals surface area (Å²) < 4.78 is 31.8. The Morgan fingerprint density at radius 2 is 1.79 bits per heavy atom. The van der Waals surface area contributed by atoms with E-state index < -0.39 is 10.0 Å². The summed E-state index contributed by atoms with van der Waals surface area (Å²) in [4.78, 5) is 1.97. The van der Waals surface area contributed by atoms with Crippen LogP contribution in [0.15, 0.2) is 60.0 Å². The van der Waals surface area contributed by atoms with Crippen molar-refractivity contribution >= 4 is 39.1 Å². The molecule has 0 spiro atoms. The molecule has 6 nitrogen and oxygen atoms in total. The van der Waals surface area contributed by atoms with E-state index in [2.05, 4.69) is 5.32 Å². The van der Waals surface area contributed by atoms with Crippen LogP contribution in [-0.2, 0) is 10.0 Å². The number of nitrogens with one attached hydrogen (secondary N) is 1. The molecule has 2 aromatic carbocycles. The van der Waals surface area contributed by atoms with Crippen LogP contribution >= 0.6 is 12.2 Å². The van der Waals surface area contributed by atoms with Crippen molar-refractivity contribution in [3.05, 3.63) is 65.6 Å². The number of rotatable bonds is 5. The maximum Gasteiger partial charge on any atom is 0.236 e. The van der Waals surface area contributed by atoms with E-state index in [4.69, 9.17) is 17.0 Å². The Hall–Kier alpha value is -2.42. The van der Waals surface area contributed by atoms with Gasteiger partial charge in [-0.05, 0) is 36.0 Å². The summed E-state index contributed by atoms with van der Waals surface area (Å²) in [5.41, 5.74) is 1.69. The van der Waals surface area contributed by atoms with Crippen molar-refractivity contribution in [1.29, 1.82) is 0 Å². The summed E-state index contributed by atoms with van der Waals surface area (Å²) in [6.45, 7) is 1.85. The van der Waals surface area contributed by atoms with Gasteiger partial charge in [0.1, 0.15) is 5.75 Å². The van der Waals surface area contributed by atoms with Crippen LogP contribution in [0.5, 0.6) is 5.75 Å². The largest absolute Gasteiger partial charge is 0.497 e. The van der Waals surface area contributed by atoms with E-state index in [1.165, 1.54) is 9.71 Å². The minimum atomic E-state index is -3.45. The first-order valence-corrected chi connectivity index (χ1v) is 10.8. The third kappa shape index (κ3) is 5.31. The van der Waals surface area contributed by atoms with Crippen LogP contribution in [0.2, 0.25) is 0 Å². The van der Waals surface area contributed by atoms with E-state index in [1.54, 1.807) is 13.2 Å². The maximum atomic E-state index is 12.6. The van der Waals surface area contributed by atoms with E-state index in [-0.39, 0.29) is 0 Å². The van der Waals surface area contributed by atoms with Gasteiger partial charge in [0.25, 0.3) is 0 Å². The maximum absolute atomic E-state index is 12.6. The molecule has 0 aromatic heterocycles. The van der Waals surface area contributed by atoms with Crippen LogP contribution in [0.3, 0.4) is 0 Å². The number of hydrogen-bond donors (Lipinski definition) is 1. The van der Waals surface area contributed by atoms with Crippen LogP contribution in [-0.4, -0.2) is 56.0 Å². The van der Waals surface area contributed by atoms with Crippen LogP contribution in [0.1, 0.15) is 5.56 Å². The quantitative estimate of drug-likeness (QED) is 0.755. The SMILES string of the molecule is COc1cccc(NC(=S)N2CCN(S(=O)(=O)/C=C/c3ccccc3)CC2)c1. The predicted molar refractivity (Wildman–Crippen MR) is 117 cm³/mol. The fraction of sp³-hybridized carbons (Fsp3) is 0.250. The smallest absolute Gasteiger partial charge is 0.236 e. The summed E-state index contributed by atoms with van der Waals surface area (Å²) in [6.07, 6.45) is 1.62. The van der Waals surface area contributed by atoms with E-state index in [0.717, 1.165) is 17.0 Å². The third-order valence-corrected chi connectivity index (χ3v) is 6.36. The minimum Gasteiger partial charge on any atom is -0.497 e. The first-order chi connectivity index (χ1) is 13.5. The lowest BCUT2D eigenvalue weighted by atomic mass is 10.2. The highest BCUT2D eigenvalue weighted by molar-refractivity contribution is 7.92. The zero-order valence-corrected chi connectivity index (χ0v) is 17.2. The summed E-state index contributed by atoms with van der Waals surface area (Å²) >= 11 is 5.47. The summed E-state index contributed by atoms with van der Waals surface area (Å²) in [6, 6.07) is 16.9. The number of methoxy groups -OCH3 is 1. The van der Waals surface area contributed by atoms with Crippen molar-refractivity contribution < 1.29 is 13.2 Å². The van der Waals surface area contributed by atoms with Gasteiger partial charge >= 0.3 is 0 Å². The van der Waals surface area contributed by atoms with E-state index >= 15 is 0 Å². The molecule has 1 heterocycles. The lowest BCUT2D eigenvalue weighted by Crippen LogP contribution is -2.51. The third-order valence-electron chi connectivity index (χ3n) is 4.44. The number of thiocarbonyl (C=S) groups is 1. The van der Waals surface area contributed by atoms with E-state index in [0.29, 0.717) is 31.3 Å². The zero-order chi connectivity index (χ0) is 20.0. The number of hydrogen-bond acceptors (Lipinski definition) is 4. The molecule has 0 atom stereocenters. The Morgan fingerprint density at radius 3 is 2.46 bits per heavy atom. The molecule has 0 unspecified atom stereocenters. The molecule has 0 amide bonds. The van der Waals surface area contributed by atoms with Crippen molar-refractivity contribution in [2.75, 3.05) is 38.6 Å². The molecule has 1 aliphatic heterocycles. The highest BCUT2D eigenvalue weighted by atomic mass is 32.2. The molecule has 1 aliphatic rings. The van der Waals surface area contributed by atoms with Gasteiger partial charge in [-0.2, -0.15) is 4.31 Å². The van der Waals surface area contributed by atoms with Crippen LogP contribution in [0.4, 0.5) is 5.69 Å². The van der Waals surface area contributed by atoms with Gasteiger partial charge in [-0.3, -0.25) is 0 Å². The Kier molecular flexibility index (Phi) is 6.66. The molecule has 148 valence electrons. The van der Waals surface area contributed by atoms with Crippen molar-refractivity contribution in [3.63, 3.8) is 0 Å². The van der Waals surface area contributed by atoms with Crippen molar-refractivity contribution in [2.24, 2.45) is 0 Å². The molecule has 2 aromatic rings. The number of piperazine rings is 1. The molecule has 3 rings (SSSR count). The first kappa shape index (κ1) is 20.3. The Morgan fingerprint density at radius 1 is 1.07 bits per heavy atom. The fourth-order valence-corrected chi connectivity index (χ4v) is 4.34. The normalized spacial score (nSPS) is 15.5. The standard InChI is InChI=1S/C20H23N3O3S2/c1-26-19-9-5-8-18(16-19)21-20(27)22-11-13-23(14-12-22)28(24,25)15-10-17-6-3-2-4-7-17/h2-10,15-16H,11-14H2,1H3,(H,21,27)/b15-10+. The van der Waals surface area contributed by atoms with Crippen molar-refractivity contribution in [3.8, 4) is 5.75 Å². The molecule has 8 heteroatoms. The Bertz CT molecular complexity index is 938. The topological polar surface area (TPSA) is 61.9 Å². The molecule has 0 saturated carbocycles. The lowest BCUT2D eigenvalue weighted by Gasteiger charge is -2.35. The summed E-state index contributed by atoms with van der Waals surface area (Å²) in [7, 11) is -1.84. The van der Waals surface area contributed by atoms with Gasteiger partial charge in [0.2, 0.25) is 10.0 Å². The minimum absolute atomic E-state index is 0.390. The van der Waals surface area contributed by atoms with Crippen LogP contribution in [0, 0.1) is 0 Å². The molecule has 0 aliphatic carbocycles. The number of ether oxygens (including phenoxy) is 1. The second kappa shape index (κ2) is 9.18. The van der Waals surface area contributed by atoms with Crippen molar-refractivity contribution in [1.82, 2.24) is 9.21 Å². The molecule has 1 N–H and O–H groups in total. The molecular weight excluding hydrogens is 394 g/mol. The average molecular weight is 418 g/mol. The Labute approximate surface area is 171 Å². The number of nitrogens with zero attached hydrogens (tertiary/aromatic N) is 2. The van der Waals surface area contributed by atoms with Gasteiger partial charge in [0.05, 0.1) is 7.11 Å². The molecule has 28 heavy (non-hydrogen) atoms. The van der Waals surface area contributed by atoms with Gasteiger partial charge in [-0.25, -0.2) is 8.42 Å². The summed E-state index contributed by atoms with van der Waals surface area (Å²) in [5.74, 6) is 0.744. The molecule has 1 saturated heterocycles. The van der Waals surface area contributed by atoms with Gasteiger partial charge in [0.15, 0.2) is 5.11 Å². The number of benzene rings is 2. The fourth-order valence-electron chi connectivity index (χ4n) is 2.86. The lowest BCUT2D eigenvalue weighted by molar-refractivity contribution is 0.270.